The maximum Gasteiger partial charge on any atom is 0.279 e. The van der Waals surface area contributed by atoms with Gasteiger partial charge in [0.25, 0.3) is 10.2 Å². The Labute approximate surface area is 171 Å². The van der Waals surface area contributed by atoms with Crippen molar-refractivity contribution in [2.75, 3.05) is 51.8 Å². The number of anilines is 1. The SMILES string of the molecule is COc1cc2ncnc(N3CCC(CN4CCCNS4(=O)=O)CC3)c2cc1OC. The van der Waals surface area contributed by atoms with Gasteiger partial charge in [-0.2, -0.15) is 12.7 Å². The molecule has 3 heterocycles. The van der Waals surface area contributed by atoms with Crippen LogP contribution in [0.2, 0.25) is 0 Å². The van der Waals surface area contributed by atoms with Gasteiger partial charge in [0.2, 0.25) is 0 Å². The fraction of sp³-hybridized carbons (Fsp3) is 0.579. The monoisotopic (exact) mass is 421 g/mol. The highest BCUT2D eigenvalue weighted by Crippen LogP contribution is 2.35. The normalized spacial score (nSPS) is 20.7. The van der Waals surface area contributed by atoms with E-state index in [0.717, 1.165) is 49.1 Å². The molecule has 158 valence electrons. The Balaban J connectivity index is 1.49. The third-order valence-corrected chi connectivity index (χ3v) is 7.28. The van der Waals surface area contributed by atoms with Gasteiger partial charge in [0.05, 0.1) is 19.7 Å². The Kier molecular flexibility index (Phi) is 5.75. The van der Waals surface area contributed by atoms with Crippen LogP contribution in [0.1, 0.15) is 19.3 Å². The summed E-state index contributed by atoms with van der Waals surface area (Å²) >= 11 is 0. The van der Waals surface area contributed by atoms with Crippen LogP contribution >= 0.6 is 0 Å². The topological polar surface area (TPSA) is 96.9 Å². The lowest BCUT2D eigenvalue weighted by Crippen LogP contribution is -2.49. The van der Waals surface area contributed by atoms with Gasteiger partial charge in [-0.15, -0.1) is 0 Å². The highest BCUT2D eigenvalue weighted by atomic mass is 32.2. The smallest absolute Gasteiger partial charge is 0.279 e. The van der Waals surface area contributed by atoms with Gasteiger partial charge >= 0.3 is 0 Å². The predicted octanol–water partition coefficient (Wildman–Crippen LogP) is 1.40. The molecule has 1 aromatic heterocycles. The van der Waals surface area contributed by atoms with Crippen molar-refractivity contribution in [3.8, 4) is 11.5 Å². The first-order valence-corrected chi connectivity index (χ1v) is 11.3. The van der Waals surface area contributed by atoms with Crippen LogP contribution < -0.4 is 19.1 Å². The minimum absolute atomic E-state index is 0.351. The lowest BCUT2D eigenvalue weighted by Gasteiger charge is -2.36. The summed E-state index contributed by atoms with van der Waals surface area (Å²) in [5.41, 5.74) is 0.806. The van der Waals surface area contributed by atoms with Gasteiger partial charge in [0.1, 0.15) is 12.1 Å². The zero-order valence-electron chi connectivity index (χ0n) is 16.8. The molecule has 0 spiro atoms. The Morgan fingerprint density at radius 2 is 1.83 bits per heavy atom. The van der Waals surface area contributed by atoms with E-state index in [4.69, 9.17) is 9.47 Å². The lowest BCUT2D eigenvalue weighted by molar-refractivity contribution is 0.286. The van der Waals surface area contributed by atoms with Crippen LogP contribution in [-0.4, -0.2) is 69.6 Å². The molecule has 2 aromatic rings. The summed E-state index contributed by atoms with van der Waals surface area (Å²) in [4.78, 5) is 11.1. The van der Waals surface area contributed by atoms with E-state index < -0.39 is 10.2 Å². The van der Waals surface area contributed by atoms with Gasteiger partial charge in [-0.25, -0.2) is 14.7 Å². The van der Waals surface area contributed by atoms with Crippen molar-refractivity contribution in [2.24, 2.45) is 5.92 Å². The minimum Gasteiger partial charge on any atom is -0.493 e. The third kappa shape index (κ3) is 4.10. The molecule has 2 aliphatic heterocycles. The first-order valence-electron chi connectivity index (χ1n) is 9.88. The molecule has 29 heavy (non-hydrogen) atoms. The lowest BCUT2D eigenvalue weighted by atomic mass is 9.96. The second-order valence-corrected chi connectivity index (χ2v) is 9.22. The summed E-state index contributed by atoms with van der Waals surface area (Å²) in [7, 11) is -0.0894. The van der Waals surface area contributed by atoms with E-state index in [1.54, 1.807) is 24.9 Å². The van der Waals surface area contributed by atoms with Crippen molar-refractivity contribution in [3.05, 3.63) is 18.5 Å². The van der Waals surface area contributed by atoms with Crippen LogP contribution in [0, 0.1) is 5.92 Å². The summed E-state index contributed by atoms with van der Waals surface area (Å²) in [6.07, 6.45) is 4.27. The number of nitrogens with zero attached hydrogens (tertiary/aromatic N) is 4. The molecule has 4 rings (SSSR count). The molecule has 0 aliphatic carbocycles. The Hall–Kier alpha value is -2.17. The molecule has 0 bridgehead atoms. The number of benzene rings is 1. The van der Waals surface area contributed by atoms with Crippen LogP contribution in [0.5, 0.6) is 11.5 Å². The first-order chi connectivity index (χ1) is 14.0. The minimum atomic E-state index is -3.31. The molecule has 2 aliphatic rings. The van der Waals surface area contributed by atoms with E-state index in [-0.39, 0.29) is 0 Å². The number of hydrogen-bond acceptors (Lipinski definition) is 7. The van der Waals surface area contributed by atoms with E-state index in [9.17, 15) is 8.42 Å². The van der Waals surface area contributed by atoms with Gasteiger partial charge in [0, 0.05) is 44.2 Å². The maximum atomic E-state index is 12.2. The zero-order valence-corrected chi connectivity index (χ0v) is 17.6. The van der Waals surface area contributed by atoms with Crippen molar-refractivity contribution >= 4 is 26.9 Å². The molecular formula is C19H27N5O4S. The molecule has 0 radical (unpaired) electrons. The standard InChI is InChI=1S/C19H27N5O4S/c1-27-17-10-15-16(11-18(17)28-2)20-13-21-19(15)23-8-4-14(5-9-23)12-24-7-3-6-22-29(24,25)26/h10-11,13-14,22H,3-9,12H2,1-2H3. The zero-order chi connectivity index (χ0) is 20.4. The van der Waals surface area contributed by atoms with Gasteiger partial charge in [-0.05, 0) is 31.2 Å². The fourth-order valence-corrected chi connectivity index (χ4v) is 5.46. The highest BCUT2D eigenvalue weighted by molar-refractivity contribution is 7.87. The molecule has 0 atom stereocenters. The summed E-state index contributed by atoms with van der Waals surface area (Å²) in [5, 5.41) is 0.923. The molecule has 10 heteroatoms. The van der Waals surface area contributed by atoms with Gasteiger partial charge in [0.15, 0.2) is 11.5 Å². The van der Waals surface area contributed by atoms with Crippen molar-refractivity contribution in [2.45, 2.75) is 19.3 Å². The van der Waals surface area contributed by atoms with Crippen LogP contribution in [0.4, 0.5) is 5.82 Å². The predicted molar refractivity (Wildman–Crippen MR) is 111 cm³/mol. The number of rotatable bonds is 5. The average molecular weight is 422 g/mol. The van der Waals surface area contributed by atoms with Crippen LogP contribution in [0.3, 0.4) is 0 Å². The van der Waals surface area contributed by atoms with Gasteiger partial charge < -0.3 is 14.4 Å². The highest BCUT2D eigenvalue weighted by Gasteiger charge is 2.30. The van der Waals surface area contributed by atoms with Crippen LogP contribution in [0.25, 0.3) is 10.9 Å². The number of fused-ring (bicyclic) bond motifs is 1. The largest absolute Gasteiger partial charge is 0.493 e. The first kappa shape index (κ1) is 20.1. The second-order valence-electron chi connectivity index (χ2n) is 7.46. The second kappa shape index (κ2) is 8.29. The Bertz CT molecular complexity index is 976. The number of methoxy groups -OCH3 is 2. The molecular weight excluding hydrogens is 394 g/mol. The molecule has 1 N–H and O–H groups in total. The summed E-state index contributed by atoms with van der Waals surface area (Å²) < 4.78 is 39.4. The fourth-order valence-electron chi connectivity index (χ4n) is 4.09. The average Bonchev–Trinajstić information content (AvgIpc) is 2.74. The molecule has 2 fully saturated rings. The van der Waals surface area contributed by atoms with Gasteiger partial charge in [-0.3, -0.25) is 0 Å². The summed E-state index contributed by atoms with van der Waals surface area (Å²) in [5.74, 6) is 2.51. The van der Waals surface area contributed by atoms with Crippen LogP contribution in [0.15, 0.2) is 18.5 Å². The van der Waals surface area contributed by atoms with Crippen molar-refractivity contribution in [1.29, 1.82) is 0 Å². The number of ether oxygens (including phenoxy) is 2. The van der Waals surface area contributed by atoms with E-state index in [2.05, 4.69) is 19.6 Å². The molecule has 1 aromatic carbocycles. The number of hydrogen-bond donors (Lipinski definition) is 1. The van der Waals surface area contributed by atoms with E-state index in [1.807, 2.05) is 12.1 Å². The van der Waals surface area contributed by atoms with Gasteiger partial charge in [-0.1, -0.05) is 0 Å². The third-order valence-electron chi connectivity index (χ3n) is 5.70. The summed E-state index contributed by atoms with van der Waals surface area (Å²) in [6.45, 7) is 3.37. The summed E-state index contributed by atoms with van der Waals surface area (Å²) in [6, 6.07) is 3.78. The molecule has 2 saturated heterocycles. The van der Waals surface area contributed by atoms with Crippen molar-refractivity contribution in [1.82, 2.24) is 19.0 Å². The molecule has 9 nitrogen and oxygen atoms in total. The Morgan fingerprint density at radius 3 is 2.52 bits per heavy atom. The molecule has 0 saturated carbocycles. The quantitative estimate of drug-likeness (QED) is 0.779. The van der Waals surface area contributed by atoms with E-state index >= 15 is 0 Å². The van der Waals surface area contributed by atoms with Crippen LogP contribution in [-0.2, 0) is 10.2 Å². The number of aromatic nitrogens is 2. The maximum absolute atomic E-state index is 12.2. The van der Waals surface area contributed by atoms with E-state index in [0.29, 0.717) is 37.1 Å². The van der Waals surface area contributed by atoms with E-state index in [1.165, 1.54) is 0 Å². The number of nitrogens with one attached hydrogen (secondary N) is 1. The number of piperidine rings is 1. The van der Waals surface area contributed by atoms with Crippen molar-refractivity contribution in [3.63, 3.8) is 0 Å². The Morgan fingerprint density at radius 1 is 1.10 bits per heavy atom. The molecule has 0 amide bonds. The molecule has 0 unspecified atom stereocenters. The van der Waals surface area contributed by atoms with Crippen molar-refractivity contribution < 1.29 is 17.9 Å².